The normalized spacial score (nSPS) is 21.5. The molecule has 6 heteroatoms. The molecule has 1 aliphatic rings. The van der Waals surface area contributed by atoms with E-state index in [0.717, 1.165) is 12.1 Å². The number of aryl methyl sites for hydroxylation is 1. The second-order valence-corrected chi connectivity index (χ2v) is 3.51. The molecule has 1 amide bonds. The van der Waals surface area contributed by atoms with E-state index in [1.807, 2.05) is 13.1 Å². The third kappa shape index (κ3) is 1.55. The number of carboxylic acid groups (broad SMARTS) is 1. The quantitative estimate of drug-likeness (QED) is 0.710. The molecule has 0 aromatic carbocycles. The summed E-state index contributed by atoms with van der Waals surface area (Å²) in [6, 6.07) is 0.146. The average Bonchev–Trinajstić information content (AvgIpc) is 2.70. The first-order chi connectivity index (χ1) is 6.66. The number of likely N-dealkylation sites (tertiary alicyclic amines) is 1. The van der Waals surface area contributed by atoms with E-state index in [9.17, 15) is 4.79 Å². The van der Waals surface area contributed by atoms with Crippen molar-refractivity contribution in [2.75, 3.05) is 13.1 Å². The molecule has 0 bridgehead atoms. The Bertz CT molecular complexity index is 349. The molecule has 1 aromatic rings. The number of aromatic nitrogens is 3. The van der Waals surface area contributed by atoms with Gasteiger partial charge in [0, 0.05) is 19.3 Å². The predicted molar refractivity (Wildman–Crippen MR) is 48.0 cm³/mol. The van der Waals surface area contributed by atoms with E-state index in [0.29, 0.717) is 13.1 Å². The zero-order chi connectivity index (χ0) is 10.1. The second kappa shape index (κ2) is 3.28. The van der Waals surface area contributed by atoms with Gasteiger partial charge < -0.3 is 10.0 Å². The lowest BCUT2D eigenvalue weighted by Crippen LogP contribution is -2.27. The van der Waals surface area contributed by atoms with E-state index in [2.05, 4.69) is 10.3 Å². The first-order valence-corrected chi connectivity index (χ1v) is 4.53. The van der Waals surface area contributed by atoms with Crippen LogP contribution in [0.15, 0.2) is 6.20 Å². The molecule has 14 heavy (non-hydrogen) atoms. The highest BCUT2D eigenvalue weighted by Crippen LogP contribution is 2.20. The van der Waals surface area contributed by atoms with Gasteiger partial charge in [0.15, 0.2) is 0 Å². The summed E-state index contributed by atoms with van der Waals surface area (Å²) in [5.41, 5.74) is 0.860. The van der Waals surface area contributed by atoms with E-state index >= 15 is 0 Å². The van der Waals surface area contributed by atoms with E-state index < -0.39 is 6.09 Å². The smallest absolute Gasteiger partial charge is 0.407 e. The Morgan fingerprint density at radius 2 is 2.50 bits per heavy atom. The van der Waals surface area contributed by atoms with Crippen LogP contribution in [0.5, 0.6) is 0 Å². The summed E-state index contributed by atoms with van der Waals surface area (Å²) in [6.45, 7) is 2.96. The van der Waals surface area contributed by atoms with E-state index in [1.165, 1.54) is 4.90 Å². The van der Waals surface area contributed by atoms with Crippen LogP contribution >= 0.6 is 0 Å². The topological polar surface area (TPSA) is 71.2 Å². The van der Waals surface area contributed by atoms with Gasteiger partial charge in [0.2, 0.25) is 0 Å². The number of amides is 1. The fourth-order valence-corrected chi connectivity index (χ4v) is 1.68. The average molecular weight is 196 g/mol. The van der Waals surface area contributed by atoms with Crippen molar-refractivity contribution in [1.29, 1.82) is 0 Å². The summed E-state index contributed by atoms with van der Waals surface area (Å²) in [5, 5.41) is 16.6. The predicted octanol–water partition coefficient (Wildman–Crippen LogP) is 0.511. The molecule has 6 nitrogen and oxygen atoms in total. The maximum Gasteiger partial charge on any atom is 0.407 e. The summed E-state index contributed by atoms with van der Waals surface area (Å²) >= 11 is 0. The van der Waals surface area contributed by atoms with Crippen LogP contribution in [0.25, 0.3) is 0 Å². The zero-order valence-corrected chi connectivity index (χ0v) is 7.92. The van der Waals surface area contributed by atoms with Crippen LogP contribution in [0.4, 0.5) is 4.79 Å². The first kappa shape index (κ1) is 8.98. The van der Waals surface area contributed by atoms with Gasteiger partial charge in [0.05, 0.1) is 11.7 Å². The largest absolute Gasteiger partial charge is 0.465 e. The Morgan fingerprint density at radius 3 is 3.00 bits per heavy atom. The SMILES string of the molecule is Cc1cn(C2CCN(C(=O)O)C2)nn1. The summed E-state index contributed by atoms with van der Waals surface area (Å²) in [4.78, 5) is 12.1. The summed E-state index contributed by atoms with van der Waals surface area (Å²) < 4.78 is 1.75. The van der Waals surface area contributed by atoms with Crippen LogP contribution in [0.3, 0.4) is 0 Å². The Kier molecular flexibility index (Phi) is 2.11. The van der Waals surface area contributed by atoms with Crippen LogP contribution in [-0.4, -0.2) is 44.2 Å². The number of rotatable bonds is 1. The second-order valence-electron chi connectivity index (χ2n) is 3.51. The van der Waals surface area contributed by atoms with E-state index in [4.69, 9.17) is 5.11 Å². The molecule has 1 saturated heterocycles. The summed E-state index contributed by atoms with van der Waals surface area (Å²) in [7, 11) is 0. The number of hydrogen-bond acceptors (Lipinski definition) is 3. The fourth-order valence-electron chi connectivity index (χ4n) is 1.68. The van der Waals surface area contributed by atoms with Crippen LogP contribution in [0, 0.1) is 6.92 Å². The highest BCUT2D eigenvalue weighted by molar-refractivity contribution is 5.65. The molecular formula is C8H12N4O2. The monoisotopic (exact) mass is 196 g/mol. The third-order valence-electron chi connectivity index (χ3n) is 2.43. The zero-order valence-electron chi connectivity index (χ0n) is 7.92. The molecule has 1 fully saturated rings. The minimum Gasteiger partial charge on any atom is -0.465 e. The molecule has 1 N–H and O–H groups in total. The van der Waals surface area contributed by atoms with Crippen molar-refractivity contribution in [2.45, 2.75) is 19.4 Å². The fraction of sp³-hybridized carbons (Fsp3) is 0.625. The molecule has 1 aliphatic heterocycles. The molecular weight excluding hydrogens is 184 g/mol. The molecule has 2 heterocycles. The molecule has 0 radical (unpaired) electrons. The van der Waals surface area contributed by atoms with E-state index in [-0.39, 0.29) is 6.04 Å². The molecule has 0 aliphatic carbocycles. The molecule has 1 atom stereocenters. The van der Waals surface area contributed by atoms with Gasteiger partial charge in [0.1, 0.15) is 0 Å². The van der Waals surface area contributed by atoms with Crippen LogP contribution in [0.2, 0.25) is 0 Å². The van der Waals surface area contributed by atoms with Crippen molar-refractivity contribution in [2.24, 2.45) is 0 Å². The van der Waals surface area contributed by atoms with Crippen molar-refractivity contribution < 1.29 is 9.90 Å². The molecule has 1 unspecified atom stereocenters. The number of carbonyl (C=O) groups is 1. The van der Waals surface area contributed by atoms with Crippen LogP contribution in [0.1, 0.15) is 18.2 Å². The molecule has 2 rings (SSSR count). The molecule has 0 saturated carbocycles. The number of nitrogens with zero attached hydrogens (tertiary/aromatic N) is 4. The first-order valence-electron chi connectivity index (χ1n) is 4.53. The lowest BCUT2D eigenvalue weighted by molar-refractivity contribution is 0.154. The Morgan fingerprint density at radius 1 is 1.71 bits per heavy atom. The Balaban J connectivity index is 2.05. The highest BCUT2D eigenvalue weighted by Gasteiger charge is 2.27. The van der Waals surface area contributed by atoms with Gasteiger partial charge in [-0.1, -0.05) is 5.21 Å². The Hall–Kier alpha value is -1.59. The minimum atomic E-state index is -0.857. The highest BCUT2D eigenvalue weighted by atomic mass is 16.4. The van der Waals surface area contributed by atoms with Gasteiger partial charge in [-0.05, 0) is 13.3 Å². The van der Waals surface area contributed by atoms with Crippen molar-refractivity contribution in [3.63, 3.8) is 0 Å². The summed E-state index contributed by atoms with van der Waals surface area (Å²) in [5.74, 6) is 0. The molecule has 76 valence electrons. The van der Waals surface area contributed by atoms with Crippen LogP contribution in [-0.2, 0) is 0 Å². The maximum absolute atomic E-state index is 10.7. The van der Waals surface area contributed by atoms with E-state index in [1.54, 1.807) is 4.68 Å². The van der Waals surface area contributed by atoms with Crippen molar-refractivity contribution in [3.05, 3.63) is 11.9 Å². The molecule has 1 aromatic heterocycles. The van der Waals surface area contributed by atoms with Gasteiger partial charge in [0.25, 0.3) is 0 Å². The van der Waals surface area contributed by atoms with Gasteiger partial charge in [-0.3, -0.25) is 0 Å². The van der Waals surface area contributed by atoms with Gasteiger partial charge in [-0.25, -0.2) is 9.48 Å². The Labute approximate surface area is 81.1 Å². The van der Waals surface area contributed by atoms with Crippen molar-refractivity contribution in [1.82, 2.24) is 19.9 Å². The van der Waals surface area contributed by atoms with Gasteiger partial charge >= 0.3 is 6.09 Å². The van der Waals surface area contributed by atoms with Crippen molar-refractivity contribution in [3.8, 4) is 0 Å². The lowest BCUT2D eigenvalue weighted by atomic mass is 10.3. The number of hydrogen-bond donors (Lipinski definition) is 1. The van der Waals surface area contributed by atoms with Crippen LogP contribution < -0.4 is 0 Å². The lowest BCUT2D eigenvalue weighted by Gasteiger charge is -2.11. The van der Waals surface area contributed by atoms with Crippen molar-refractivity contribution >= 4 is 6.09 Å². The molecule has 0 spiro atoms. The third-order valence-corrected chi connectivity index (χ3v) is 2.43. The maximum atomic E-state index is 10.7. The summed E-state index contributed by atoms with van der Waals surface area (Å²) in [6.07, 6.45) is 1.80. The standard InChI is InChI=1S/C8H12N4O2/c1-6-4-12(10-9-6)7-2-3-11(5-7)8(13)14/h4,7H,2-3,5H2,1H3,(H,13,14). The van der Waals surface area contributed by atoms with Gasteiger partial charge in [-0.2, -0.15) is 0 Å². The minimum absolute atomic E-state index is 0.146. The van der Waals surface area contributed by atoms with Gasteiger partial charge in [-0.15, -0.1) is 5.10 Å².